The number of nitrogens with zero attached hydrogens (tertiary/aromatic N) is 3. The normalized spacial score (nSPS) is 13.1. The van der Waals surface area contributed by atoms with Gasteiger partial charge in [-0.2, -0.15) is 0 Å². The summed E-state index contributed by atoms with van der Waals surface area (Å²) in [7, 11) is 0. The molecule has 0 radical (unpaired) electrons. The number of thiol groups is 1. The van der Waals surface area contributed by atoms with Gasteiger partial charge in [0.25, 0.3) is 0 Å². The fourth-order valence-electron chi connectivity index (χ4n) is 3.52. The molecule has 4 rings (SSSR count). The first-order chi connectivity index (χ1) is 16.2. The van der Waals surface area contributed by atoms with Crippen LogP contribution in [-0.4, -0.2) is 21.1 Å². The van der Waals surface area contributed by atoms with Gasteiger partial charge in [-0.15, -0.1) is 0 Å². The summed E-state index contributed by atoms with van der Waals surface area (Å²) in [5.41, 5.74) is 4.91. The second-order valence-electron chi connectivity index (χ2n) is 7.68. The Hall–Kier alpha value is -2.71. The molecular weight excluding hydrogens is 450 g/mol. The van der Waals surface area contributed by atoms with E-state index in [0.29, 0.717) is 0 Å². The van der Waals surface area contributed by atoms with Crippen molar-refractivity contribution in [1.29, 1.82) is 0 Å². The number of rotatable bonds is 9. The number of hydrogen-bond donors (Lipinski definition) is 1. The molecule has 2 atom stereocenters. The van der Waals surface area contributed by atoms with Gasteiger partial charge in [0.05, 0.1) is 45.6 Å². The van der Waals surface area contributed by atoms with Crippen LogP contribution < -0.4 is 0 Å². The fraction of sp³-hybridized carbons (Fsp3) is 0.192. The average molecular weight is 476 g/mol. The lowest BCUT2D eigenvalue weighted by Crippen LogP contribution is -2.14. The van der Waals surface area contributed by atoms with E-state index in [0.717, 1.165) is 45.1 Å². The van der Waals surface area contributed by atoms with E-state index in [9.17, 15) is 0 Å². The lowest BCUT2D eigenvalue weighted by molar-refractivity contribution is 0.0258. The third-order valence-corrected chi connectivity index (χ3v) is 5.48. The van der Waals surface area contributed by atoms with Crippen molar-refractivity contribution >= 4 is 22.7 Å². The third-order valence-electron chi connectivity index (χ3n) is 4.95. The minimum absolute atomic E-state index is 0.0198. The molecule has 3 heterocycles. The lowest BCUT2D eigenvalue weighted by atomic mass is 10.1. The molecule has 3 aromatic heterocycles. The molecule has 0 fully saturated rings. The quantitative estimate of drug-likeness (QED) is 0.166. The van der Waals surface area contributed by atoms with Crippen LogP contribution in [0.4, 0.5) is 0 Å². The Labute approximate surface area is 203 Å². The van der Waals surface area contributed by atoms with Crippen LogP contribution in [0.15, 0.2) is 91.1 Å². The van der Waals surface area contributed by atoms with Crippen LogP contribution in [0.2, 0.25) is 0 Å². The van der Waals surface area contributed by atoms with E-state index >= 15 is 0 Å². The zero-order chi connectivity index (χ0) is 23.0. The van der Waals surface area contributed by atoms with Gasteiger partial charge in [-0.3, -0.25) is 9.17 Å². The van der Waals surface area contributed by atoms with Gasteiger partial charge < -0.3 is 4.74 Å². The van der Waals surface area contributed by atoms with Crippen molar-refractivity contribution in [2.24, 2.45) is 0 Å². The minimum atomic E-state index is -0.365. The molecule has 7 heteroatoms. The molecule has 0 aliphatic carbocycles. The number of pyridine rings is 3. The minimum Gasteiger partial charge on any atom is -0.363 e. The lowest BCUT2D eigenvalue weighted by Gasteiger charge is -2.20. The van der Waals surface area contributed by atoms with Gasteiger partial charge in [-0.25, -0.2) is 9.97 Å². The van der Waals surface area contributed by atoms with Gasteiger partial charge >= 0.3 is 0 Å². The highest BCUT2D eigenvalue weighted by molar-refractivity contribution is 8.66. The number of hydrogen-bond acceptors (Lipinski definition) is 7. The molecule has 4 aromatic rings. The van der Waals surface area contributed by atoms with Crippen LogP contribution in [0.25, 0.3) is 11.4 Å². The van der Waals surface area contributed by atoms with E-state index in [2.05, 4.69) is 16.6 Å². The van der Waals surface area contributed by atoms with Crippen molar-refractivity contribution in [2.45, 2.75) is 32.2 Å². The highest BCUT2D eigenvalue weighted by Crippen LogP contribution is 2.32. The van der Waals surface area contributed by atoms with Crippen LogP contribution in [0.1, 0.15) is 48.7 Å². The SMILES string of the molecule is CC(C)OC(c1ccccn1)c1cccc(-c2cccc(C(OSS)c3ccccc3)n2)n1. The molecular formula is C26H25N3O2S2. The van der Waals surface area contributed by atoms with Gasteiger partial charge in [0.2, 0.25) is 0 Å². The summed E-state index contributed by atoms with van der Waals surface area (Å²) in [4.78, 5) is 14.3. The van der Waals surface area contributed by atoms with Gasteiger partial charge in [-0.05, 0) is 55.8 Å². The average Bonchev–Trinajstić information content (AvgIpc) is 2.87. The Balaban J connectivity index is 1.70. The summed E-state index contributed by atoms with van der Waals surface area (Å²) in [5, 5.41) is 0. The smallest absolute Gasteiger partial charge is 0.142 e. The van der Waals surface area contributed by atoms with Crippen molar-refractivity contribution in [2.75, 3.05) is 0 Å². The number of ether oxygens (including phenoxy) is 1. The Bertz CT molecular complexity index is 1160. The maximum absolute atomic E-state index is 6.19. The van der Waals surface area contributed by atoms with Crippen LogP contribution in [0.5, 0.6) is 0 Å². The summed E-state index contributed by atoms with van der Waals surface area (Å²) < 4.78 is 12.0. The van der Waals surface area contributed by atoms with E-state index in [-0.39, 0.29) is 18.3 Å². The molecule has 0 aliphatic heterocycles. The van der Waals surface area contributed by atoms with Crippen molar-refractivity contribution in [3.8, 4) is 11.4 Å². The third kappa shape index (κ3) is 6.00. The maximum Gasteiger partial charge on any atom is 0.142 e. The van der Waals surface area contributed by atoms with Crippen LogP contribution in [0, 0.1) is 0 Å². The van der Waals surface area contributed by atoms with Gasteiger partial charge in [-0.1, -0.05) is 60.2 Å². The molecule has 0 spiro atoms. The Morgan fingerprint density at radius 1 is 0.697 bits per heavy atom. The zero-order valence-corrected chi connectivity index (χ0v) is 20.1. The first-order valence-electron chi connectivity index (χ1n) is 10.7. The standard InChI is InChI=1S/C26H25N3O2S2/c1-18(2)30-26(22-12-6-7-17-27-22)24-16-9-14-21(29-24)20-13-8-15-23(28-20)25(31-33-32)19-10-4-3-5-11-19/h3-18,25-26,32H,1-2H3. The summed E-state index contributed by atoms with van der Waals surface area (Å²) >= 11 is 5.21. The molecule has 0 saturated heterocycles. The predicted molar refractivity (Wildman–Crippen MR) is 136 cm³/mol. The van der Waals surface area contributed by atoms with Crippen LogP contribution in [-0.2, 0) is 8.92 Å². The largest absolute Gasteiger partial charge is 0.363 e. The second kappa shape index (κ2) is 11.4. The van der Waals surface area contributed by atoms with E-state index in [1.165, 1.54) is 0 Å². The molecule has 5 nitrogen and oxygen atoms in total. The Morgan fingerprint density at radius 2 is 1.30 bits per heavy atom. The van der Waals surface area contributed by atoms with E-state index in [4.69, 9.17) is 18.9 Å². The number of aromatic nitrogens is 3. The zero-order valence-electron chi connectivity index (χ0n) is 18.4. The maximum atomic E-state index is 6.19. The van der Waals surface area contributed by atoms with Gasteiger partial charge in [0.1, 0.15) is 12.2 Å². The molecule has 0 N–H and O–H groups in total. The molecule has 0 bridgehead atoms. The van der Waals surface area contributed by atoms with Crippen molar-refractivity contribution in [3.63, 3.8) is 0 Å². The van der Waals surface area contributed by atoms with Crippen LogP contribution in [0.3, 0.4) is 0 Å². The first kappa shape index (κ1) is 23.4. The predicted octanol–water partition coefficient (Wildman–Crippen LogP) is 6.65. The first-order valence-corrected chi connectivity index (χ1v) is 12.5. The summed E-state index contributed by atoms with van der Waals surface area (Å²) in [5.74, 6) is 0. The summed E-state index contributed by atoms with van der Waals surface area (Å²) in [6, 6.07) is 27.5. The van der Waals surface area contributed by atoms with Crippen molar-refractivity contribution in [3.05, 3.63) is 114 Å². The highest BCUT2D eigenvalue weighted by atomic mass is 33.1. The molecule has 2 unspecified atom stereocenters. The highest BCUT2D eigenvalue weighted by Gasteiger charge is 2.21. The Morgan fingerprint density at radius 3 is 1.88 bits per heavy atom. The summed E-state index contributed by atoms with van der Waals surface area (Å²) in [6.45, 7) is 4.02. The molecule has 1 aromatic carbocycles. The van der Waals surface area contributed by atoms with Crippen molar-refractivity contribution in [1.82, 2.24) is 15.0 Å². The second-order valence-corrected chi connectivity index (χ2v) is 8.47. The monoisotopic (exact) mass is 475 g/mol. The summed E-state index contributed by atoms with van der Waals surface area (Å²) in [6.07, 6.45) is 1.08. The van der Waals surface area contributed by atoms with Gasteiger partial charge in [0.15, 0.2) is 0 Å². The number of benzene rings is 1. The van der Waals surface area contributed by atoms with Crippen molar-refractivity contribution < 1.29 is 8.92 Å². The van der Waals surface area contributed by atoms with E-state index in [1.807, 2.05) is 98.8 Å². The Kier molecular flexibility index (Phi) is 8.12. The fourth-order valence-corrected chi connectivity index (χ4v) is 4.07. The van der Waals surface area contributed by atoms with Gasteiger partial charge in [0, 0.05) is 6.20 Å². The van der Waals surface area contributed by atoms with Crippen LogP contribution >= 0.6 is 22.7 Å². The molecule has 0 saturated carbocycles. The molecule has 168 valence electrons. The molecule has 0 aliphatic rings. The van der Waals surface area contributed by atoms with E-state index in [1.54, 1.807) is 6.20 Å². The molecule has 33 heavy (non-hydrogen) atoms. The molecule has 0 amide bonds. The topological polar surface area (TPSA) is 57.1 Å². The van der Waals surface area contributed by atoms with E-state index < -0.39 is 0 Å².